The fraction of sp³-hybridized carbons (Fsp3) is 0.182. The van der Waals surface area contributed by atoms with Gasteiger partial charge in [-0.25, -0.2) is 9.97 Å². The van der Waals surface area contributed by atoms with Crippen LogP contribution in [0.5, 0.6) is 0 Å². The van der Waals surface area contributed by atoms with Gasteiger partial charge in [-0.15, -0.1) is 0 Å². The van der Waals surface area contributed by atoms with Crippen LogP contribution in [0.2, 0.25) is 0 Å². The van der Waals surface area contributed by atoms with E-state index in [9.17, 15) is 0 Å². The summed E-state index contributed by atoms with van der Waals surface area (Å²) in [6.45, 7) is 0.751. The minimum absolute atomic E-state index is 0.751. The summed E-state index contributed by atoms with van der Waals surface area (Å²) in [7, 11) is 1.90. The molecular formula is C11H12N4. The highest BCUT2D eigenvalue weighted by Gasteiger charge is 2.00. The predicted molar refractivity (Wildman–Crippen MR) is 58.0 cm³/mol. The van der Waals surface area contributed by atoms with Crippen LogP contribution in [0, 0.1) is 0 Å². The summed E-state index contributed by atoms with van der Waals surface area (Å²) in [5, 5.41) is 3.06. The Balaban J connectivity index is 2.33. The predicted octanol–water partition coefficient (Wildman–Crippen LogP) is 1.26. The first-order valence-electron chi connectivity index (χ1n) is 4.76. The van der Waals surface area contributed by atoms with Crippen LogP contribution >= 0.6 is 0 Å². The van der Waals surface area contributed by atoms with Crippen molar-refractivity contribution in [3.8, 4) is 11.3 Å². The van der Waals surface area contributed by atoms with Gasteiger partial charge >= 0.3 is 0 Å². The molecule has 0 fully saturated rings. The Morgan fingerprint density at radius 3 is 2.73 bits per heavy atom. The molecule has 0 aliphatic rings. The fourth-order valence-corrected chi connectivity index (χ4v) is 1.36. The molecule has 0 aliphatic heterocycles. The van der Waals surface area contributed by atoms with E-state index in [2.05, 4.69) is 20.3 Å². The topological polar surface area (TPSA) is 50.7 Å². The van der Waals surface area contributed by atoms with Gasteiger partial charge in [-0.05, 0) is 25.2 Å². The zero-order valence-corrected chi connectivity index (χ0v) is 8.51. The molecule has 0 unspecified atom stereocenters. The molecule has 2 rings (SSSR count). The number of pyridine rings is 1. The van der Waals surface area contributed by atoms with Crippen LogP contribution in [0.3, 0.4) is 0 Å². The van der Waals surface area contributed by atoms with Gasteiger partial charge in [0.15, 0.2) is 0 Å². The van der Waals surface area contributed by atoms with Crippen molar-refractivity contribution >= 4 is 0 Å². The number of rotatable bonds is 3. The van der Waals surface area contributed by atoms with E-state index in [4.69, 9.17) is 0 Å². The van der Waals surface area contributed by atoms with Gasteiger partial charge in [0, 0.05) is 24.5 Å². The third-order valence-electron chi connectivity index (χ3n) is 2.06. The van der Waals surface area contributed by atoms with Crippen LogP contribution in [-0.2, 0) is 6.54 Å². The molecule has 1 N–H and O–H groups in total. The lowest BCUT2D eigenvalue weighted by Gasteiger charge is -2.02. The second kappa shape index (κ2) is 4.61. The molecule has 0 aromatic carbocycles. The first-order valence-corrected chi connectivity index (χ1v) is 4.76. The van der Waals surface area contributed by atoms with E-state index in [1.807, 2.05) is 25.2 Å². The molecule has 4 nitrogen and oxygen atoms in total. The van der Waals surface area contributed by atoms with Gasteiger partial charge in [0.2, 0.25) is 0 Å². The van der Waals surface area contributed by atoms with Crippen molar-refractivity contribution in [2.45, 2.75) is 6.54 Å². The van der Waals surface area contributed by atoms with Crippen molar-refractivity contribution in [3.05, 3.63) is 42.6 Å². The van der Waals surface area contributed by atoms with Gasteiger partial charge in [0.25, 0.3) is 0 Å². The van der Waals surface area contributed by atoms with Gasteiger partial charge in [-0.3, -0.25) is 4.98 Å². The quantitative estimate of drug-likeness (QED) is 0.810. The van der Waals surface area contributed by atoms with Crippen molar-refractivity contribution in [1.29, 1.82) is 0 Å². The SMILES string of the molecule is CNCc1cc(-c2ccncc2)ncn1. The zero-order valence-electron chi connectivity index (χ0n) is 8.51. The molecule has 0 atom stereocenters. The Morgan fingerprint density at radius 2 is 2.00 bits per heavy atom. The van der Waals surface area contributed by atoms with Gasteiger partial charge in [0.1, 0.15) is 6.33 Å². The van der Waals surface area contributed by atoms with E-state index in [-0.39, 0.29) is 0 Å². The van der Waals surface area contributed by atoms with Crippen LogP contribution < -0.4 is 5.32 Å². The largest absolute Gasteiger partial charge is 0.314 e. The van der Waals surface area contributed by atoms with Gasteiger partial charge in [0.05, 0.1) is 11.4 Å². The summed E-state index contributed by atoms with van der Waals surface area (Å²) in [5.41, 5.74) is 2.97. The maximum Gasteiger partial charge on any atom is 0.116 e. The number of nitrogens with zero attached hydrogens (tertiary/aromatic N) is 3. The molecule has 2 aromatic heterocycles. The molecule has 0 radical (unpaired) electrons. The minimum Gasteiger partial charge on any atom is -0.314 e. The second-order valence-corrected chi connectivity index (χ2v) is 3.16. The van der Waals surface area contributed by atoms with Gasteiger partial charge in [-0.1, -0.05) is 0 Å². The maximum atomic E-state index is 4.23. The Hall–Kier alpha value is -1.81. The van der Waals surface area contributed by atoms with E-state index >= 15 is 0 Å². The smallest absolute Gasteiger partial charge is 0.116 e. The van der Waals surface area contributed by atoms with Crippen LogP contribution in [-0.4, -0.2) is 22.0 Å². The first kappa shape index (κ1) is 9.73. The first-order chi connectivity index (χ1) is 7.40. The lowest BCUT2D eigenvalue weighted by atomic mass is 10.2. The van der Waals surface area contributed by atoms with Crippen LogP contribution in [0.4, 0.5) is 0 Å². The van der Waals surface area contributed by atoms with Crippen LogP contribution in [0.15, 0.2) is 36.9 Å². The summed E-state index contributed by atoms with van der Waals surface area (Å²) in [5.74, 6) is 0. The molecule has 0 saturated heterocycles. The normalized spacial score (nSPS) is 10.2. The van der Waals surface area contributed by atoms with E-state index in [1.54, 1.807) is 18.7 Å². The maximum absolute atomic E-state index is 4.23. The fourth-order valence-electron chi connectivity index (χ4n) is 1.36. The van der Waals surface area contributed by atoms with Crippen molar-refractivity contribution in [1.82, 2.24) is 20.3 Å². The Labute approximate surface area is 88.4 Å². The molecule has 0 spiro atoms. The molecule has 0 saturated carbocycles. The van der Waals surface area contributed by atoms with E-state index in [0.29, 0.717) is 0 Å². The standard InChI is InChI=1S/C11H12N4/c1-12-7-10-6-11(15-8-14-10)9-2-4-13-5-3-9/h2-6,8,12H,7H2,1H3. The summed E-state index contributed by atoms with van der Waals surface area (Å²) < 4.78 is 0. The molecule has 0 bridgehead atoms. The van der Waals surface area contributed by atoms with Crippen LogP contribution in [0.1, 0.15) is 5.69 Å². The van der Waals surface area contributed by atoms with Crippen molar-refractivity contribution in [2.75, 3.05) is 7.05 Å². The number of hydrogen-bond donors (Lipinski definition) is 1. The van der Waals surface area contributed by atoms with Crippen molar-refractivity contribution in [3.63, 3.8) is 0 Å². The molecule has 76 valence electrons. The van der Waals surface area contributed by atoms with E-state index in [1.165, 1.54) is 0 Å². The molecule has 2 heterocycles. The monoisotopic (exact) mass is 200 g/mol. The zero-order chi connectivity index (χ0) is 10.5. The highest BCUT2D eigenvalue weighted by atomic mass is 14.9. The highest BCUT2D eigenvalue weighted by molar-refractivity contribution is 5.57. The molecule has 15 heavy (non-hydrogen) atoms. The third-order valence-corrected chi connectivity index (χ3v) is 2.06. The molecule has 2 aromatic rings. The summed E-state index contributed by atoms with van der Waals surface area (Å²) >= 11 is 0. The number of hydrogen-bond acceptors (Lipinski definition) is 4. The Bertz CT molecular complexity index is 428. The summed E-state index contributed by atoms with van der Waals surface area (Å²) in [6, 6.07) is 5.85. The van der Waals surface area contributed by atoms with Crippen molar-refractivity contribution in [2.24, 2.45) is 0 Å². The number of nitrogens with one attached hydrogen (secondary N) is 1. The molecule has 4 heteroatoms. The molecule has 0 amide bonds. The highest BCUT2D eigenvalue weighted by Crippen LogP contribution is 2.14. The average molecular weight is 200 g/mol. The van der Waals surface area contributed by atoms with Gasteiger partial charge < -0.3 is 5.32 Å². The number of aromatic nitrogens is 3. The van der Waals surface area contributed by atoms with E-state index < -0.39 is 0 Å². The lowest BCUT2D eigenvalue weighted by Crippen LogP contribution is -2.07. The minimum atomic E-state index is 0.751. The molecular weight excluding hydrogens is 188 g/mol. The van der Waals surface area contributed by atoms with Crippen molar-refractivity contribution < 1.29 is 0 Å². The summed E-state index contributed by atoms with van der Waals surface area (Å²) in [6.07, 6.45) is 5.10. The average Bonchev–Trinajstić information content (AvgIpc) is 2.31. The second-order valence-electron chi connectivity index (χ2n) is 3.16. The third kappa shape index (κ3) is 2.35. The molecule has 0 aliphatic carbocycles. The Kier molecular flexibility index (Phi) is 2.99. The Morgan fingerprint density at radius 1 is 1.20 bits per heavy atom. The van der Waals surface area contributed by atoms with Crippen LogP contribution in [0.25, 0.3) is 11.3 Å². The van der Waals surface area contributed by atoms with E-state index in [0.717, 1.165) is 23.5 Å². The van der Waals surface area contributed by atoms with Gasteiger partial charge in [-0.2, -0.15) is 0 Å². The lowest BCUT2D eigenvalue weighted by molar-refractivity contribution is 0.787. The summed E-state index contributed by atoms with van der Waals surface area (Å²) in [4.78, 5) is 12.4.